The number of hydrogen-bond donors (Lipinski definition) is 2. The van der Waals surface area contributed by atoms with Crippen molar-refractivity contribution < 1.29 is 9.59 Å². The third kappa shape index (κ3) is 2.53. The van der Waals surface area contributed by atoms with E-state index in [0.717, 1.165) is 11.1 Å². The van der Waals surface area contributed by atoms with E-state index in [1.165, 1.54) is 0 Å². The van der Waals surface area contributed by atoms with Crippen molar-refractivity contribution in [1.82, 2.24) is 0 Å². The predicted octanol–water partition coefficient (Wildman–Crippen LogP) is 0.912. The summed E-state index contributed by atoms with van der Waals surface area (Å²) in [5, 5.41) is 0. The summed E-state index contributed by atoms with van der Waals surface area (Å²) < 4.78 is 0. The summed E-state index contributed by atoms with van der Waals surface area (Å²) >= 11 is 0. The summed E-state index contributed by atoms with van der Waals surface area (Å²) in [4.78, 5) is 22.6. The monoisotopic (exact) mass is 246 g/mol. The highest BCUT2D eigenvalue weighted by Gasteiger charge is 2.38. The second-order valence-electron chi connectivity index (χ2n) is 5.14. The first kappa shape index (κ1) is 12.6. The van der Waals surface area contributed by atoms with Gasteiger partial charge in [0.25, 0.3) is 0 Å². The lowest BCUT2D eigenvalue weighted by atomic mass is 9.69. The van der Waals surface area contributed by atoms with E-state index < -0.39 is 5.41 Å². The fourth-order valence-electron chi connectivity index (χ4n) is 2.77. The lowest BCUT2D eigenvalue weighted by Crippen LogP contribution is -2.42. The number of hydrogen-bond acceptors (Lipinski definition) is 2. The Morgan fingerprint density at radius 1 is 1.17 bits per heavy atom. The second kappa shape index (κ2) is 4.80. The summed E-state index contributed by atoms with van der Waals surface area (Å²) in [6.45, 7) is 0. The van der Waals surface area contributed by atoms with E-state index in [1.807, 2.05) is 18.2 Å². The van der Waals surface area contributed by atoms with Gasteiger partial charge in [-0.25, -0.2) is 0 Å². The van der Waals surface area contributed by atoms with Crippen LogP contribution in [0.5, 0.6) is 0 Å². The fraction of sp³-hybridized carbons (Fsp3) is 0.429. The number of carbonyl (C=O) groups excluding carboxylic acids is 2. The topological polar surface area (TPSA) is 86.2 Å². The third-order valence-electron chi connectivity index (χ3n) is 3.68. The summed E-state index contributed by atoms with van der Waals surface area (Å²) in [7, 11) is 0. The Balaban J connectivity index is 2.14. The van der Waals surface area contributed by atoms with E-state index in [1.54, 1.807) is 0 Å². The predicted molar refractivity (Wildman–Crippen MR) is 68.5 cm³/mol. The van der Waals surface area contributed by atoms with Crippen LogP contribution in [0.3, 0.4) is 0 Å². The molecule has 1 aromatic carbocycles. The van der Waals surface area contributed by atoms with Gasteiger partial charge in [-0.1, -0.05) is 24.3 Å². The van der Waals surface area contributed by atoms with Crippen molar-refractivity contribution >= 4 is 11.8 Å². The average molecular weight is 246 g/mol. The van der Waals surface area contributed by atoms with Crippen molar-refractivity contribution in [2.75, 3.05) is 0 Å². The quantitative estimate of drug-likeness (QED) is 0.809. The standard InChI is InChI=1S/C14H18N2O2/c15-12(17)5-2-6-14(13(16)18)8-10-3-1-4-11(7-10)9-14/h1,3-4,7H,2,5-6,8-9H2,(H2,15,17)(H2,16,18). The highest BCUT2D eigenvalue weighted by Crippen LogP contribution is 2.37. The van der Waals surface area contributed by atoms with Crippen molar-refractivity contribution in [3.05, 3.63) is 35.4 Å². The van der Waals surface area contributed by atoms with Gasteiger partial charge in [0.05, 0.1) is 5.41 Å². The van der Waals surface area contributed by atoms with Gasteiger partial charge >= 0.3 is 0 Å². The van der Waals surface area contributed by atoms with Gasteiger partial charge in [-0.2, -0.15) is 0 Å². The molecule has 2 bridgehead atoms. The zero-order valence-corrected chi connectivity index (χ0v) is 10.3. The molecule has 96 valence electrons. The molecule has 0 aliphatic heterocycles. The number of nitrogens with two attached hydrogens (primary N) is 2. The molecule has 1 aromatic rings. The van der Waals surface area contributed by atoms with Gasteiger partial charge in [0.2, 0.25) is 11.8 Å². The van der Waals surface area contributed by atoms with Gasteiger partial charge in [0.15, 0.2) is 0 Å². The van der Waals surface area contributed by atoms with Crippen LogP contribution in [0.15, 0.2) is 24.3 Å². The van der Waals surface area contributed by atoms with Crippen molar-refractivity contribution in [3.63, 3.8) is 0 Å². The molecule has 1 aliphatic rings. The van der Waals surface area contributed by atoms with E-state index in [-0.39, 0.29) is 11.8 Å². The summed E-state index contributed by atoms with van der Waals surface area (Å²) in [5.74, 6) is -0.609. The Morgan fingerprint density at radius 3 is 2.28 bits per heavy atom. The van der Waals surface area contributed by atoms with E-state index in [4.69, 9.17) is 11.5 Å². The molecule has 2 amide bonds. The van der Waals surface area contributed by atoms with Gasteiger partial charge in [-0.05, 0) is 36.8 Å². The van der Waals surface area contributed by atoms with E-state index in [9.17, 15) is 9.59 Å². The van der Waals surface area contributed by atoms with Crippen LogP contribution in [0.25, 0.3) is 0 Å². The molecule has 4 N–H and O–H groups in total. The SMILES string of the molecule is NC(=O)CCCC1(C(N)=O)Cc2cccc(c2)C1. The van der Waals surface area contributed by atoms with Crippen LogP contribution in [-0.2, 0) is 22.4 Å². The van der Waals surface area contributed by atoms with Gasteiger partial charge < -0.3 is 11.5 Å². The Bertz CT molecular complexity index is 461. The van der Waals surface area contributed by atoms with E-state index in [0.29, 0.717) is 32.1 Å². The number of benzene rings is 1. The molecule has 0 saturated carbocycles. The van der Waals surface area contributed by atoms with Gasteiger partial charge in [0, 0.05) is 6.42 Å². The summed E-state index contributed by atoms with van der Waals surface area (Å²) in [6, 6.07) is 8.12. The molecule has 0 aromatic heterocycles. The largest absolute Gasteiger partial charge is 0.370 e. The molecule has 18 heavy (non-hydrogen) atoms. The van der Waals surface area contributed by atoms with Crippen molar-refractivity contribution in [2.24, 2.45) is 16.9 Å². The van der Waals surface area contributed by atoms with Crippen LogP contribution in [-0.4, -0.2) is 11.8 Å². The lowest BCUT2D eigenvalue weighted by molar-refractivity contribution is -0.129. The number of amides is 2. The molecular weight excluding hydrogens is 228 g/mol. The van der Waals surface area contributed by atoms with Gasteiger partial charge in [0.1, 0.15) is 0 Å². The molecule has 0 atom stereocenters. The fourth-order valence-corrected chi connectivity index (χ4v) is 2.77. The minimum absolute atomic E-state index is 0.279. The van der Waals surface area contributed by atoms with Gasteiger partial charge in [-0.3, -0.25) is 9.59 Å². The molecule has 0 fully saturated rings. The third-order valence-corrected chi connectivity index (χ3v) is 3.68. The van der Waals surface area contributed by atoms with Crippen LogP contribution in [0, 0.1) is 5.41 Å². The van der Waals surface area contributed by atoms with Crippen molar-refractivity contribution in [2.45, 2.75) is 32.1 Å². The number of rotatable bonds is 5. The first-order valence-corrected chi connectivity index (χ1v) is 6.18. The first-order chi connectivity index (χ1) is 8.52. The molecule has 0 heterocycles. The van der Waals surface area contributed by atoms with Gasteiger partial charge in [-0.15, -0.1) is 0 Å². The molecule has 0 radical (unpaired) electrons. The van der Waals surface area contributed by atoms with Crippen molar-refractivity contribution in [3.8, 4) is 0 Å². The number of primary amides is 2. The summed E-state index contributed by atoms with van der Waals surface area (Å²) in [6.07, 6.45) is 2.86. The zero-order chi connectivity index (χ0) is 13.2. The Hall–Kier alpha value is -1.84. The molecular formula is C14H18N2O2. The Morgan fingerprint density at radius 2 is 1.78 bits per heavy atom. The maximum absolute atomic E-state index is 11.8. The highest BCUT2D eigenvalue weighted by molar-refractivity contribution is 5.82. The maximum atomic E-state index is 11.8. The van der Waals surface area contributed by atoms with Crippen molar-refractivity contribution in [1.29, 1.82) is 0 Å². The highest BCUT2D eigenvalue weighted by atomic mass is 16.1. The minimum Gasteiger partial charge on any atom is -0.370 e. The zero-order valence-electron chi connectivity index (χ0n) is 10.3. The Labute approximate surface area is 106 Å². The average Bonchev–Trinajstić information content (AvgIpc) is 2.27. The lowest BCUT2D eigenvalue weighted by Gasteiger charge is -2.34. The van der Waals surface area contributed by atoms with Crippen LogP contribution in [0.1, 0.15) is 30.4 Å². The van der Waals surface area contributed by atoms with Crippen LogP contribution in [0.2, 0.25) is 0 Å². The molecule has 0 spiro atoms. The normalized spacial score (nSPS) is 16.2. The molecule has 4 heteroatoms. The minimum atomic E-state index is -0.546. The molecule has 4 nitrogen and oxygen atoms in total. The van der Waals surface area contributed by atoms with Crippen LogP contribution in [0.4, 0.5) is 0 Å². The molecule has 0 unspecified atom stereocenters. The van der Waals surface area contributed by atoms with Crippen LogP contribution < -0.4 is 11.5 Å². The number of fused-ring (bicyclic) bond motifs is 2. The smallest absolute Gasteiger partial charge is 0.224 e. The summed E-state index contributed by atoms with van der Waals surface area (Å²) in [5.41, 5.74) is 12.4. The van der Waals surface area contributed by atoms with E-state index in [2.05, 4.69) is 6.07 Å². The first-order valence-electron chi connectivity index (χ1n) is 6.18. The molecule has 2 rings (SSSR count). The number of carbonyl (C=O) groups is 2. The molecule has 0 saturated heterocycles. The van der Waals surface area contributed by atoms with E-state index >= 15 is 0 Å². The van der Waals surface area contributed by atoms with Crippen LogP contribution >= 0.6 is 0 Å². The molecule has 1 aliphatic carbocycles. The Kier molecular flexibility index (Phi) is 3.36. The maximum Gasteiger partial charge on any atom is 0.224 e. The second-order valence-corrected chi connectivity index (χ2v) is 5.14.